The molecule has 142 valence electrons. The molecule has 1 aliphatic heterocycles. The van der Waals surface area contributed by atoms with Crippen molar-refractivity contribution >= 4 is 5.91 Å². The highest BCUT2D eigenvalue weighted by Crippen LogP contribution is 2.17. The van der Waals surface area contributed by atoms with Crippen LogP contribution in [0.25, 0.3) is 11.5 Å². The molecule has 0 spiro atoms. The third-order valence-corrected chi connectivity index (χ3v) is 4.87. The number of amides is 1. The van der Waals surface area contributed by atoms with Gasteiger partial charge in [-0.1, -0.05) is 30.3 Å². The number of aromatic nitrogens is 3. The number of nitrogens with one attached hydrogen (secondary N) is 2. The van der Waals surface area contributed by atoms with Crippen LogP contribution in [0.15, 0.2) is 59.7 Å². The summed E-state index contributed by atoms with van der Waals surface area (Å²) in [5, 5.41) is 2.81. The van der Waals surface area contributed by atoms with Gasteiger partial charge in [-0.3, -0.25) is 19.5 Å². The lowest BCUT2D eigenvalue weighted by atomic mass is 10.00. The van der Waals surface area contributed by atoms with Gasteiger partial charge in [0.05, 0.1) is 0 Å². The van der Waals surface area contributed by atoms with Gasteiger partial charge in [0.2, 0.25) is 0 Å². The number of carbonyl (C=O) groups is 1. The van der Waals surface area contributed by atoms with Crippen LogP contribution in [0.2, 0.25) is 0 Å². The molecule has 0 atom stereocenters. The fourth-order valence-electron chi connectivity index (χ4n) is 3.36. The highest BCUT2D eigenvalue weighted by atomic mass is 16.2. The Labute approximate surface area is 162 Å². The number of benzene rings is 1. The van der Waals surface area contributed by atoms with E-state index in [1.54, 1.807) is 18.3 Å². The Morgan fingerprint density at radius 2 is 1.93 bits per heavy atom. The maximum atomic E-state index is 12.3. The first-order valence-electron chi connectivity index (χ1n) is 9.29. The van der Waals surface area contributed by atoms with Crippen molar-refractivity contribution in [2.75, 3.05) is 19.6 Å². The van der Waals surface area contributed by atoms with Crippen molar-refractivity contribution in [2.24, 2.45) is 0 Å². The van der Waals surface area contributed by atoms with Gasteiger partial charge in [-0.15, -0.1) is 0 Å². The minimum absolute atomic E-state index is 0.00340. The molecule has 0 saturated carbocycles. The summed E-state index contributed by atoms with van der Waals surface area (Å²) in [6.07, 6.45) is 3.94. The molecule has 3 aromatic rings. The topological polar surface area (TPSA) is 91.0 Å². The molecule has 0 unspecified atom stereocenters. The third-order valence-electron chi connectivity index (χ3n) is 4.87. The molecule has 1 aliphatic rings. The summed E-state index contributed by atoms with van der Waals surface area (Å²) in [4.78, 5) is 37.8. The van der Waals surface area contributed by atoms with E-state index in [0.29, 0.717) is 18.1 Å². The first-order valence-corrected chi connectivity index (χ1v) is 9.29. The van der Waals surface area contributed by atoms with Crippen LogP contribution in [0, 0.1) is 0 Å². The van der Waals surface area contributed by atoms with Crippen molar-refractivity contribution in [3.05, 3.63) is 81.9 Å². The molecule has 2 aromatic heterocycles. The van der Waals surface area contributed by atoms with Gasteiger partial charge in [-0.05, 0) is 29.7 Å². The second-order valence-corrected chi connectivity index (χ2v) is 6.74. The predicted octanol–water partition coefficient (Wildman–Crippen LogP) is 1.62. The molecule has 1 amide bonds. The van der Waals surface area contributed by atoms with Crippen molar-refractivity contribution in [2.45, 2.75) is 13.0 Å². The molecular weight excluding hydrogens is 354 g/mol. The van der Waals surface area contributed by atoms with Gasteiger partial charge in [0, 0.05) is 38.6 Å². The maximum Gasteiger partial charge on any atom is 0.264 e. The molecule has 2 N–H and O–H groups in total. The number of H-pyrrole nitrogens is 1. The number of fused-ring (bicyclic) bond motifs is 1. The minimum Gasteiger partial charge on any atom is -0.351 e. The number of rotatable bonds is 5. The van der Waals surface area contributed by atoms with Crippen LogP contribution < -0.4 is 10.9 Å². The fourth-order valence-corrected chi connectivity index (χ4v) is 3.36. The molecule has 28 heavy (non-hydrogen) atoms. The van der Waals surface area contributed by atoms with Gasteiger partial charge in [-0.2, -0.15) is 0 Å². The summed E-state index contributed by atoms with van der Waals surface area (Å²) in [7, 11) is 0. The Hall–Kier alpha value is -3.32. The Morgan fingerprint density at radius 3 is 2.71 bits per heavy atom. The molecule has 0 radical (unpaired) electrons. The lowest BCUT2D eigenvalue weighted by molar-refractivity contribution is 0.0945. The smallest absolute Gasteiger partial charge is 0.264 e. The molecule has 0 aliphatic carbocycles. The predicted molar refractivity (Wildman–Crippen MR) is 106 cm³/mol. The molecule has 0 fully saturated rings. The van der Waals surface area contributed by atoms with E-state index in [-0.39, 0.29) is 5.56 Å². The van der Waals surface area contributed by atoms with E-state index in [4.69, 9.17) is 0 Å². The average molecular weight is 375 g/mol. The van der Waals surface area contributed by atoms with Gasteiger partial charge >= 0.3 is 0 Å². The standard InChI is InChI=1S/C21H21N5O2/c27-20(17-13-24-19(25-21(17)28)18-7-3-4-9-22-18)23-10-12-26-11-8-15-5-1-2-6-16(15)14-26/h1-7,9,13H,8,10-12,14H2,(H,23,27)(H,24,25,28). The first-order chi connectivity index (χ1) is 13.7. The highest BCUT2D eigenvalue weighted by Gasteiger charge is 2.16. The van der Waals surface area contributed by atoms with E-state index in [1.165, 1.54) is 17.3 Å². The number of carbonyl (C=O) groups excluding carboxylic acids is 1. The summed E-state index contributed by atoms with van der Waals surface area (Å²) in [6.45, 7) is 3.06. The van der Waals surface area contributed by atoms with Crippen LogP contribution in [0.3, 0.4) is 0 Å². The molecule has 4 rings (SSSR count). The molecule has 1 aromatic carbocycles. The van der Waals surface area contributed by atoms with Gasteiger partial charge in [0.25, 0.3) is 11.5 Å². The van der Waals surface area contributed by atoms with Gasteiger partial charge in [0.1, 0.15) is 11.3 Å². The van der Waals surface area contributed by atoms with Gasteiger partial charge in [0.15, 0.2) is 5.82 Å². The molecule has 0 bridgehead atoms. The number of hydrogen-bond acceptors (Lipinski definition) is 5. The zero-order chi connectivity index (χ0) is 19.3. The maximum absolute atomic E-state index is 12.3. The van der Waals surface area contributed by atoms with E-state index in [9.17, 15) is 9.59 Å². The van der Waals surface area contributed by atoms with Crippen molar-refractivity contribution in [1.82, 2.24) is 25.2 Å². The van der Waals surface area contributed by atoms with Gasteiger partial charge in [-0.25, -0.2) is 4.98 Å². The molecule has 3 heterocycles. The molecule has 7 nitrogen and oxygen atoms in total. The van der Waals surface area contributed by atoms with E-state index in [2.05, 4.69) is 49.4 Å². The van der Waals surface area contributed by atoms with Crippen LogP contribution in [0.1, 0.15) is 21.5 Å². The van der Waals surface area contributed by atoms with Crippen molar-refractivity contribution < 1.29 is 4.79 Å². The number of hydrogen-bond donors (Lipinski definition) is 2. The molecule has 7 heteroatoms. The first kappa shape index (κ1) is 18.1. The highest BCUT2D eigenvalue weighted by molar-refractivity contribution is 5.93. The minimum atomic E-state index is -0.472. The Bertz CT molecular complexity index is 1030. The second-order valence-electron chi connectivity index (χ2n) is 6.74. The Morgan fingerprint density at radius 1 is 1.11 bits per heavy atom. The number of nitrogens with zero attached hydrogens (tertiary/aromatic N) is 3. The second kappa shape index (κ2) is 8.14. The number of pyridine rings is 1. The van der Waals surface area contributed by atoms with Crippen LogP contribution in [-0.4, -0.2) is 45.4 Å². The quantitative estimate of drug-likeness (QED) is 0.707. The van der Waals surface area contributed by atoms with Crippen LogP contribution in [-0.2, 0) is 13.0 Å². The zero-order valence-corrected chi connectivity index (χ0v) is 15.4. The monoisotopic (exact) mass is 375 g/mol. The normalized spacial score (nSPS) is 13.7. The Balaban J connectivity index is 1.34. The van der Waals surface area contributed by atoms with Crippen LogP contribution in [0.4, 0.5) is 0 Å². The van der Waals surface area contributed by atoms with E-state index in [0.717, 1.165) is 26.1 Å². The van der Waals surface area contributed by atoms with E-state index >= 15 is 0 Å². The van der Waals surface area contributed by atoms with Crippen LogP contribution in [0.5, 0.6) is 0 Å². The summed E-state index contributed by atoms with van der Waals surface area (Å²) in [6, 6.07) is 13.8. The molecule has 0 saturated heterocycles. The van der Waals surface area contributed by atoms with Crippen molar-refractivity contribution in [3.8, 4) is 11.5 Å². The average Bonchev–Trinajstić information content (AvgIpc) is 2.74. The fraction of sp³-hybridized carbons (Fsp3) is 0.238. The lowest BCUT2D eigenvalue weighted by Crippen LogP contribution is -2.39. The summed E-state index contributed by atoms with van der Waals surface area (Å²) in [5.41, 5.74) is 2.82. The lowest BCUT2D eigenvalue weighted by Gasteiger charge is -2.28. The largest absolute Gasteiger partial charge is 0.351 e. The number of aromatic amines is 1. The van der Waals surface area contributed by atoms with Gasteiger partial charge < -0.3 is 10.3 Å². The summed E-state index contributed by atoms with van der Waals surface area (Å²) < 4.78 is 0. The zero-order valence-electron chi connectivity index (χ0n) is 15.4. The Kier molecular flexibility index (Phi) is 5.25. The SMILES string of the molecule is O=C(NCCN1CCc2ccccc2C1)c1cnc(-c2ccccn2)[nH]c1=O. The van der Waals surface area contributed by atoms with Crippen LogP contribution >= 0.6 is 0 Å². The molecular formula is C21H21N5O2. The van der Waals surface area contributed by atoms with Crippen molar-refractivity contribution in [1.29, 1.82) is 0 Å². The summed E-state index contributed by atoms with van der Waals surface area (Å²) >= 11 is 0. The summed E-state index contributed by atoms with van der Waals surface area (Å²) in [5.74, 6) is -0.0761. The van der Waals surface area contributed by atoms with Crippen molar-refractivity contribution in [3.63, 3.8) is 0 Å². The third kappa shape index (κ3) is 3.99. The van der Waals surface area contributed by atoms with E-state index in [1.807, 2.05) is 6.07 Å². The van der Waals surface area contributed by atoms with E-state index < -0.39 is 11.5 Å².